The zero-order valence-electron chi connectivity index (χ0n) is 5.22. The van der Waals surface area contributed by atoms with Crippen LogP contribution in [0.5, 0.6) is 0 Å². The highest BCUT2D eigenvalue weighted by Gasteiger charge is 2.17. The molecule has 0 atom stereocenters. The fraction of sp³-hybridized carbons (Fsp3) is 0.286. The van der Waals surface area contributed by atoms with Crippen LogP contribution in [0.3, 0.4) is 0 Å². The van der Waals surface area contributed by atoms with Crippen LogP contribution in [0.4, 0.5) is 0 Å². The van der Waals surface area contributed by atoms with Crippen LogP contribution in [0, 0.1) is 0 Å². The van der Waals surface area contributed by atoms with Gasteiger partial charge >= 0.3 is 0 Å². The minimum absolute atomic E-state index is 0.727. The van der Waals surface area contributed by atoms with E-state index in [0.717, 1.165) is 12.3 Å². The van der Waals surface area contributed by atoms with Crippen LogP contribution in [0.15, 0.2) is 12.3 Å². The molecule has 0 N–H and O–H groups in total. The SMILES string of the molecule is COCc1cc2ncc1-2. The lowest BCUT2D eigenvalue weighted by atomic mass is 9.96. The molecule has 0 saturated carbocycles. The lowest BCUT2D eigenvalue weighted by Gasteiger charge is -2.18. The number of ether oxygens (including phenoxy) is 1. The smallest absolute Gasteiger partial charge is 0.0725 e. The summed E-state index contributed by atoms with van der Waals surface area (Å²) >= 11 is 0. The number of hydrogen-bond acceptors (Lipinski definition) is 2. The summed E-state index contributed by atoms with van der Waals surface area (Å²) in [6.07, 6.45) is 1.88. The van der Waals surface area contributed by atoms with E-state index in [0.29, 0.717) is 0 Å². The Balaban J connectivity index is 2.21. The Labute approximate surface area is 53.5 Å². The summed E-state index contributed by atoms with van der Waals surface area (Å²) in [5.41, 5.74) is 3.71. The first kappa shape index (κ1) is 4.94. The van der Waals surface area contributed by atoms with Gasteiger partial charge in [-0.25, -0.2) is 0 Å². The summed E-state index contributed by atoms with van der Waals surface area (Å²) in [5, 5.41) is 0. The molecule has 0 spiro atoms. The first-order valence-electron chi connectivity index (χ1n) is 2.90. The third-order valence-corrected chi connectivity index (χ3v) is 1.57. The molecular formula is C7H7NO. The monoisotopic (exact) mass is 121 g/mol. The van der Waals surface area contributed by atoms with Crippen molar-refractivity contribution in [1.29, 1.82) is 0 Å². The number of fused-ring (bicyclic) bond motifs is 1. The van der Waals surface area contributed by atoms with E-state index in [4.69, 9.17) is 4.74 Å². The molecule has 0 bridgehead atoms. The molecule has 0 amide bonds. The van der Waals surface area contributed by atoms with E-state index in [9.17, 15) is 0 Å². The van der Waals surface area contributed by atoms with E-state index in [2.05, 4.69) is 11.1 Å². The first-order valence-corrected chi connectivity index (χ1v) is 2.90. The van der Waals surface area contributed by atoms with E-state index < -0.39 is 0 Å². The molecule has 46 valence electrons. The van der Waals surface area contributed by atoms with Gasteiger partial charge < -0.3 is 4.74 Å². The third-order valence-electron chi connectivity index (χ3n) is 1.57. The van der Waals surface area contributed by atoms with Crippen molar-refractivity contribution in [3.63, 3.8) is 0 Å². The number of nitrogens with zero attached hydrogens (tertiary/aromatic N) is 1. The Kier molecular flexibility index (Phi) is 0.848. The van der Waals surface area contributed by atoms with Gasteiger partial charge in [0, 0.05) is 18.9 Å². The molecule has 2 heteroatoms. The molecule has 0 aromatic heterocycles. The molecular weight excluding hydrogens is 114 g/mol. The zero-order chi connectivity index (χ0) is 6.27. The molecule has 1 heterocycles. The van der Waals surface area contributed by atoms with Gasteiger partial charge in [-0.05, 0) is 11.6 Å². The van der Waals surface area contributed by atoms with Gasteiger partial charge in [-0.2, -0.15) is 0 Å². The summed E-state index contributed by atoms with van der Waals surface area (Å²) in [4.78, 5) is 3.99. The van der Waals surface area contributed by atoms with Crippen LogP contribution in [0.1, 0.15) is 5.56 Å². The van der Waals surface area contributed by atoms with Gasteiger partial charge in [-0.15, -0.1) is 0 Å². The highest BCUT2D eigenvalue weighted by Crippen LogP contribution is 2.33. The summed E-state index contributed by atoms with van der Waals surface area (Å²) in [5.74, 6) is 0. The molecule has 0 unspecified atom stereocenters. The van der Waals surface area contributed by atoms with Gasteiger partial charge in [0.15, 0.2) is 0 Å². The average molecular weight is 121 g/mol. The molecule has 9 heavy (non-hydrogen) atoms. The lowest BCUT2D eigenvalue weighted by Crippen LogP contribution is -2.04. The van der Waals surface area contributed by atoms with Gasteiger partial charge in [-0.1, -0.05) is 0 Å². The normalized spacial score (nSPS) is 11.7. The molecule has 2 rings (SSSR count). The molecule has 2 aliphatic rings. The quantitative estimate of drug-likeness (QED) is 0.595. The summed E-state index contributed by atoms with van der Waals surface area (Å²) < 4.78 is 4.93. The Bertz CT molecular complexity index is 245. The highest BCUT2D eigenvalue weighted by atomic mass is 16.5. The molecule has 2 nitrogen and oxygen atoms in total. The van der Waals surface area contributed by atoms with Crippen molar-refractivity contribution < 1.29 is 4.74 Å². The first-order chi connectivity index (χ1) is 4.42. The van der Waals surface area contributed by atoms with Gasteiger partial charge in [0.05, 0.1) is 12.3 Å². The molecule has 0 radical (unpaired) electrons. The molecule has 1 aliphatic carbocycles. The van der Waals surface area contributed by atoms with Gasteiger partial charge in [0.1, 0.15) is 0 Å². The van der Waals surface area contributed by atoms with E-state index in [1.807, 2.05) is 6.20 Å². The molecule has 0 aromatic carbocycles. The van der Waals surface area contributed by atoms with E-state index in [1.165, 1.54) is 11.1 Å². The second-order valence-electron chi connectivity index (χ2n) is 2.16. The predicted octanol–water partition coefficient (Wildman–Crippen LogP) is 1.21. The van der Waals surface area contributed by atoms with Gasteiger partial charge in [0.2, 0.25) is 0 Å². The Hall–Kier alpha value is -0.890. The van der Waals surface area contributed by atoms with Crippen molar-refractivity contribution in [2.24, 2.45) is 0 Å². The summed E-state index contributed by atoms with van der Waals surface area (Å²) in [7, 11) is 1.70. The number of hydrogen-bond donors (Lipinski definition) is 0. The van der Waals surface area contributed by atoms with Crippen LogP contribution in [-0.4, -0.2) is 12.1 Å². The fourth-order valence-electron chi connectivity index (χ4n) is 1.01. The van der Waals surface area contributed by atoms with E-state index in [-0.39, 0.29) is 0 Å². The van der Waals surface area contributed by atoms with Crippen LogP contribution in [0.2, 0.25) is 0 Å². The maximum Gasteiger partial charge on any atom is 0.0725 e. The minimum atomic E-state index is 0.727. The zero-order valence-corrected chi connectivity index (χ0v) is 5.22. The van der Waals surface area contributed by atoms with Crippen LogP contribution in [0.25, 0.3) is 11.3 Å². The Morgan fingerprint density at radius 2 is 2.56 bits per heavy atom. The molecule has 0 aromatic rings. The third kappa shape index (κ3) is 0.508. The van der Waals surface area contributed by atoms with Crippen molar-refractivity contribution in [1.82, 2.24) is 4.98 Å². The number of methoxy groups -OCH3 is 1. The van der Waals surface area contributed by atoms with Crippen molar-refractivity contribution in [2.75, 3.05) is 7.11 Å². The van der Waals surface area contributed by atoms with Crippen molar-refractivity contribution >= 4 is 0 Å². The van der Waals surface area contributed by atoms with E-state index in [1.54, 1.807) is 7.11 Å². The second kappa shape index (κ2) is 1.54. The van der Waals surface area contributed by atoms with Crippen molar-refractivity contribution in [2.45, 2.75) is 6.61 Å². The standard InChI is InChI=1S/C7H7NO/c1-9-4-5-2-7-6(5)3-8-7/h2-3H,4H2,1H3. The van der Waals surface area contributed by atoms with E-state index >= 15 is 0 Å². The topological polar surface area (TPSA) is 22.1 Å². The van der Waals surface area contributed by atoms with Crippen molar-refractivity contribution in [3.8, 4) is 11.3 Å². The fourth-order valence-corrected chi connectivity index (χ4v) is 1.01. The average Bonchev–Trinajstić information content (AvgIpc) is 1.82. The Morgan fingerprint density at radius 1 is 1.67 bits per heavy atom. The predicted molar refractivity (Wildman–Crippen MR) is 33.9 cm³/mol. The number of aromatic nitrogens is 1. The minimum Gasteiger partial charge on any atom is -0.380 e. The van der Waals surface area contributed by atoms with Gasteiger partial charge in [-0.3, -0.25) is 4.98 Å². The maximum absolute atomic E-state index is 4.93. The maximum atomic E-state index is 4.93. The number of pyridine rings is 1. The molecule has 0 saturated heterocycles. The van der Waals surface area contributed by atoms with Gasteiger partial charge in [0.25, 0.3) is 0 Å². The lowest BCUT2D eigenvalue weighted by molar-refractivity contribution is 0.184. The highest BCUT2D eigenvalue weighted by molar-refractivity contribution is 5.74. The largest absolute Gasteiger partial charge is 0.380 e. The van der Waals surface area contributed by atoms with Crippen molar-refractivity contribution in [3.05, 3.63) is 17.8 Å². The Morgan fingerprint density at radius 3 is 2.89 bits per heavy atom. The molecule has 0 fully saturated rings. The van der Waals surface area contributed by atoms with Crippen LogP contribution in [-0.2, 0) is 11.3 Å². The number of rotatable bonds is 2. The second-order valence-corrected chi connectivity index (χ2v) is 2.16. The van der Waals surface area contributed by atoms with Crippen LogP contribution < -0.4 is 0 Å². The summed E-state index contributed by atoms with van der Waals surface area (Å²) in [6.45, 7) is 0.727. The molecule has 1 aliphatic heterocycles. The summed E-state index contributed by atoms with van der Waals surface area (Å²) in [6, 6.07) is 2.05. The van der Waals surface area contributed by atoms with Crippen LogP contribution >= 0.6 is 0 Å².